The zero-order chi connectivity index (χ0) is 79.5. The molecule has 0 aromatic heterocycles. The Kier molecular flexibility index (Phi) is 31.6. The highest BCUT2D eigenvalue weighted by atomic mass is 16.8. The molecular formula is C60H101N3O45. The predicted octanol–water partition coefficient (Wildman–Crippen LogP) is -19.2. The Bertz CT molecular complexity index is 2820. The maximum absolute atomic E-state index is 13.1. The highest BCUT2D eigenvalue weighted by Gasteiger charge is 2.61. The summed E-state index contributed by atoms with van der Waals surface area (Å²) in [6.07, 6.45) is -84.1. The first-order valence-corrected chi connectivity index (χ1v) is 34.5. The number of amides is 3. The second kappa shape index (κ2) is 38.5. The highest BCUT2D eigenvalue weighted by molar-refractivity contribution is 5.74. The van der Waals surface area contributed by atoms with Gasteiger partial charge in [-0.1, -0.05) is 0 Å². The minimum absolute atomic E-state index is 0.916. The molecule has 48 nitrogen and oxygen atoms in total. The van der Waals surface area contributed by atoms with Crippen molar-refractivity contribution in [3.8, 4) is 0 Å². The first-order valence-electron chi connectivity index (χ1n) is 34.5. The summed E-state index contributed by atoms with van der Waals surface area (Å²) in [7, 11) is 0. The van der Waals surface area contributed by atoms with Crippen LogP contribution in [-0.4, -0.2) is 474 Å². The van der Waals surface area contributed by atoms with E-state index in [2.05, 4.69) is 16.0 Å². The Morgan fingerprint density at radius 3 is 1.05 bits per heavy atom. The summed E-state index contributed by atoms with van der Waals surface area (Å²) in [5, 5.41) is 282. The molecule has 0 aromatic carbocycles. The van der Waals surface area contributed by atoms with E-state index >= 15 is 0 Å². The molecule has 9 saturated heterocycles. The van der Waals surface area contributed by atoms with Crippen molar-refractivity contribution in [1.82, 2.24) is 16.0 Å². The lowest BCUT2D eigenvalue weighted by molar-refractivity contribution is -0.390. The van der Waals surface area contributed by atoms with Gasteiger partial charge in [0, 0.05) is 20.8 Å². The molecule has 9 rings (SSSR count). The Labute approximate surface area is 611 Å². The number of aliphatic hydroxyl groups excluding tert-OH is 25. The van der Waals surface area contributed by atoms with Gasteiger partial charge < -0.3 is 224 Å². The standard InChI is InChI=1S/C60H101N3O45/c1-13-28(74)36(82)41(87)56(93-13)108-51-38(84)30(76)18(6-65)98-60(51)105-48-27(63-16(4)73)55(95-19(7-66)31(48)77)107-49-32(78)20(8-67)97-58(43(49)89)103-45-22(10-69)99-53(25(34(45)80)61-14(2)71)92-12-24-33(79)50(44(90)59(101-24)104-47-21(9-68)94-52(91)40(86)39(47)85)106-54-26(62-15(3)72)35(81)46(23(11-70)100-54)102-57-42(88)37(83)29(75)17(5-64)96-57/h13,17-60,64-70,74-91H,5-12H2,1-4H3,(H,61,71)(H,62,72)(H,63,73)/t13-,17+,18+,19+,20+,21+,22+,23+,24+,25+,26+,27+,28+,29-,30-,31+,32-,33-,34+,35+,36+,37-,38-,39+,40+,41-,42+,43+,44+,45+,46+,47+,48+,49-,50-,51+,52+,53+,54-,55-,56-,57-,58-,59-,60-/m0/s1. The van der Waals surface area contributed by atoms with Crippen molar-refractivity contribution in [2.75, 3.05) is 52.9 Å². The van der Waals surface area contributed by atoms with Crippen LogP contribution in [-0.2, 0) is 94.9 Å². The third-order valence-corrected chi connectivity index (χ3v) is 19.9. The van der Waals surface area contributed by atoms with Crippen molar-refractivity contribution in [3.05, 3.63) is 0 Å². The minimum atomic E-state index is -2.37. The lowest BCUT2D eigenvalue weighted by atomic mass is 9.94. The van der Waals surface area contributed by atoms with Gasteiger partial charge in [-0.25, -0.2) is 0 Å². The molecule has 626 valence electrons. The zero-order valence-electron chi connectivity index (χ0n) is 58.0. The Morgan fingerprint density at radius 2 is 0.565 bits per heavy atom. The second-order valence-electron chi connectivity index (χ2n) is 27.4. The zero-order valence-corrected chi connectivity index (χ0v) is 58.0. The van der Waals surface area contributed by atoms with E-state index in [0.29, 0.717) is 0 Å². The van der Waals surface area contributed by atoms with Crippen molar-refractivity contribution in [3.63, 3.8) is 0 Å². The largest absolute Gasteiger partial charge is 0.394 e. The maximum Gasteiger partial charge on any atom is 0.217 e. The fourth-order valence-electron chi connectivity index (χ4n) is 14.0. The summed E-state index contributed by atoms with van der Waals surface area (Å²) in [6.45, 7) is -4.39. The van der Waals surface area contributed by atoms with Crippen LogP contribution in [0.4, 0.5) is 0 Å². The SMILES string of the molecule is CC(=O)N[C@H]1[C@H](O[C@H]2[C@@H](O)[C@@H](CO[C@@H]3O[C@H](CO)[C@@H](O[C@@H]4O[C@H](CO)[C@H](O)[C@H](O[C@@H]5O[C@H](CO)[C@@H](O)[C@H](O[C@@H]6O[C@H](CO)[C@H](O)[C@H](O)[C@H]6O[C@@H]6O[C@@H](C)[C@@H](O)[C@@H](O)[C@@H]6O)[C@H]5NC(C)=O)[C@H]4O)[C@H](O)[C@H]3NC(C)=O)O[C@@H](O[C@H]3[C@H](O)[C@@H](O)[C@H](O)O[C@@H]3CO)[C@@H]2O)O[C@H](CO)[C@@H](O[C@@H]2O[C@H](CO)[C@H](O)[C@H](O)[C@H]2O)[C@@H]1O. The summed E-state index contributed by atoms with van der Waals surface area (Å²) < 4.78 is 99.4. The van der Waals surface area contributed by atoms with Crippen LogP contribution in [0.5, 0.6) is 0 Å². The van der Waals surface area contributed by atoms with Gasteiger partial charge in [0.2, 0.25) is 17.7 Å². The number of nitrogens with one attached hydrogen (secondary N) is 3. The van der Waals surface area contributed by atoms with E-state index in [-0.39, 0.29) is 0 Å². The molecule has 0 aliphatic carbocycles. The predicted molar refractivity (Wildman–Crippen MR) is 330 cm³/mol. The number of ether oxygens (including phenoxy) is 17. The number of carbonyl (C=O) groups is 3. The van der Waals surface area contributed by atoms with E-state index in [4.69, 9.17) is 80.5 Å². The van der Waals surface area contributed by atoms with Gasteiger partial charge in [-0.15, -0.1) is 0 Å². The van der Waals surface area contributed by atoms with Gasteiger partial charge in [-0.2, -0.15) is 0 Å². The van der Waals surface area contributed by atoms with Gasteiger partial charge in [0.1, 0.15) is 213 Å². The molecule has 45 atom stereocenters. The van der Waals surface area contributed by atoms with Gasteiger partial charge in [0.05, 0.1) is 59.0 Å². The van der Waals surface area contributed by atoms with Crippen molar-refractivity contribution >= 4 is 17.7 Å². The molecule has 3 amide bonds. The minimum Gasteiger partial charge on any atom is -0.394 e. The average molecular weight is 1580 g/mol. The second-order valence-corrected chi connectivity index (χ2v) is 27.4. The van der Waals surface area contributed by atoms with Crippen LogP contribution in [0, 0.1) is 0 Å². The molecular weight excluding hydrogens is 1480 g/mol. The Morgan fingerprint density at radius 1 is 0.259 bits per heavy atom. The molecule has 9 aliphatic rings. The maximum atomic E-state index is 13.1. The molecule has 0 spiro atoms. The first-order chi connectivity index (χ1) is 51.1. The fraction of sp³-hybridized carbons (Fsp3) is 0.950. The van der Waals surface area contributed by atoms with Gasteiger partial charge >= 0.3 is 0 Å². The molecule has 9 aliphatic heterocycles. The van der Waals surface area contributed by atoms with Gasteiger partial charge in [-0.05, 0) is 6.92 Å². The highest BCUT2D eigenvalue weighted by Crippen LogP contribution is 2.40. The van der Waals surface area contributed by atoms with E-state index in [0.717, 1.165) is 20.8 Å². The summed E-state index contributed by atoms with van der Waals surface area (Å²) in [5.41, 5.74) is 0. The molecule has 0 aromatic rings. The van der Waals surface area contributed by atoms with Crippen LogP contribution in [0.1, 0.15) is 27.7 Å². The number of hydrogen-bond acceptors (Lipinski definition) is 45. The van der Waals surface area contributed by atoms with Crippen LogP contribution in [0.25, 0.3) is 0 Å². The van der Waals surface area contributed by atoms with Crippen molar-refractivity contribution in [2.45, 2.75) is 304 Å². The first kappa shape index (κ1) is 88.7. The molecule has 0 unspecified atom stereocenters. The van der Waals surface area contributed by atoms with Gasteiger partial charge in [0.25, 0.3) is 0 Å². The van der Waals surface area contributed by atoms with E-state index < -0.39 is 347 Å². The topological polar surface area (TPSA) is 750 Å². The van der Waals surface area contributed by atoms with Gasteiger partial charge in [0.15, 0.2) is 56.6 Å². The van der Waals surface area contributed by atoms with Crippen LogP contribution in [0.15, 0.2) is 0 Å². The van der Waals surface area contributed by atoms with Crippen LogP contribution >= 0.6 is 0 Å². The quantitative estimate of drug-likeness (QED) is 0.0363. The molecule has 0 radical (unpaired) electrons. The molecule has 108 heavy (non-hydrogen) atoms. The lowest BCUT2D eigenvalue weighted by Crippen LogP contribution is -2.71. The lowest BCUT2D eigenvalue weighted by Gasteiger charge is -2.51. The average Bonchev–Trinajstić information content (AvgIpc) is 0.769. The number of carbonyl (C=O) groups excluding carboxylic acids is 3. The molecule has 48 heteroatoms. The van der Waals surface area contributed by atoms with Crippen LogP contribution in [0.2, 0.25) is 0 Å². The summed E-state index contributed by atoms with van der Waals surface area (Å²) in [4.78, 5) is 38.9. The van der Waals surface area contributed by atoms with E-state index in [1.54, 1.807) is 0 Å². The van der Waals surface area contributed by atoms with E-state index in [9.17, 15) is 142 Å². The van der Waals surface area contributed by atoms with Crippen molar-refractivity contribution < 1.29 is 223 Å². The fourth-order valence-corrected chi connectivity index (χ4v) is 14.0. The summed E-state index contributed by atoms with van der Waals surface area (Å²) in [6, 6.07) is -5.67. The van der Waals surface area contributed by atoms with Crippen LogP contribution < -0.4 is 16.0 Å². The smallest absolute Gasteiger partial charge is 0.217 e. The number of aliphatic hydroxyl groups is 25. The molecule has 0 bridgehead atoms. The van der Waals surface area contributed by atoms with Crippen LogP contribution in [0.3, 0.4) is 0 Å². The molecule has 28 N–H and O–H groups in total. The van der Waals surface area contributed by atoms with Crippen molar-refractivity contribution in [1.29, 1.82) is 0 Å². The monoisotopic (exact) mass is 1580 g/mol. The third-order valence-electron chi connectivity index (χ3n) is 19.9. The van der Waals surface area contributed by atoms with E-state index in [1.807, 2.05) is 0 Å². The summed E-state index contributed by atoms with van der Waals surface area (Å²) in [5.74, 6) is -2.79. The molecule has 9 fully saturated rings. The Balaban J connectivity index is 0.953. The molecule has 0 saturated carbocycles. The number of rotatable bonds is 27. The van der Waals surface area contributed by atoms with Crippen molar-refractivity contribution in [2.24, 2.45) is 0 Å². The number of hydrogen-bond donors (Lipinski definition) is 28. The summed E-state index contributed by atoms with van der Waals surface area (Å²) >= 11 is 0. The Hall–Kier alpha value is -3.27. The van der Waals surface area contributed by atoms with Gasteiger partial charge in [-0.3, -0.25) is 14.4 Å². The van der Waals surface area contributed by atoms with E-state index in [1.165, 1.54) is 6.92 Å². The molecule has 9 heterocycles. The normalized spacial score (nSPS) is 50.4. The third kappa shape index (κ3) is 19.1.